The number of aromatic nitrogens is 2. The summed E-state index contributed by atoms with van der Waals surface area (Å²) in [7, 11) is -3.51. The third-order valence-electron chi connectivity index (χ3n) is 3.54. The summed E-state index contributed by atoms with van der Waals surface area (Å²) in [6.07, 6.45) is 6.02. The molecule has 0 saturated carbocycles. The second-order valence-electron chi connectivity index (χ2n) is 5.64. The highest BCUT2D eigenvalue weighted by atomic mass is 32.2. The second-order valence-corrected chi connectivity index (χ2v) is 7.31. The highest BCUT2D eigenvalue weighted by Gasteiger charge is 2.27. The number of rotatable bonds is 6. The molecule has 0 amide bonds. The number of anilines is 1. The van der Waals surface area contributed by atoms with Gasteiger partial charge in [0.2, 0.25) is 0 Å². The first-order valence-electron chi connectivity index (χ1n) is 7.23. The van der Waals surface area contributed by atoms with E-state index in [0.29, 0.717) is 30.7 Å². The topological polar surface area (TPSA) is 87.2 Å². The molecule has 2 rings (SSSR count). The van der Waals surface area contributed by atoms with E-state index in [9.17, 15) is 8.42 Å². The third-order valence-corrected chi connectivity index (χ3v) is 5.07. The minimum atomic E-state index is -3.51. The Bertz CT molecular complexity index is 527. The van der Waals surface area contributed by atoms with E-state index in [4.69, 9.17) is 0 Å². The van der Waals surface area contributed by atoms with Crippen LogP contribution in [0.4, 0.5) is 5.69 Å². The standard InChI is InChI=1S/C13H23N5O2S/c1-11(2)16-7-12-3-5-18(6-4-12)21(19,20)17-13-8-14-10-15-9-13/h8-12,16-17H,3-7H2,1-2H3. The van der Waals surface area contributed by atoms with Gasteiger partial charge in [0.15, 0.2) is 0 Å². The molecule has 0 aromatic carbocycles. The highest BCUT2D eigenvalue weighted by molar-refractivity contribution is 7.90. The molecule has 118 valence electrons. The molecule has 1 fully saturated rings. The normalized spacial score (nSPS) is 18.0. The Balaban J connectivity index is 1.86. The molecule has 2 heterocycles. The smallest absolute Gasteiger partial charge is 0.301 e. The molecule has 0 radical (unpaired) electrons. The van der Waals surface area contributed by atoms with Crippen molar-refractivity contribution in [2.45, 2.75) is 32.7 Å². The average Bonchev–Trinajstić information content (AvgIpc) is 2.46. The van der Waals surface area contributed by atoms with Gasteiger partial charge in [0, 0.05) is 19.1 Å². The number of nitrogens with zero attached hydrogens (tertiary/aromatic N) is 3. The van der Waals surface area contributed by atoms with E-state index in [1.165, 1.54) is 23.0 Å². The molecular formula is C13H23N5O2S. The van der Waals surface area contributed by atoms with Gasteiger partial charge in [-0.15, -0.1) is 0 Å². The van der Waals surface area contributed by atoms with Crippen LogP contribution in [0.2, 0.25) is 0 Å². The van der Waals surface area contributed by atoms with E-state index in [1.807, 2.05) is 0 Å². The van der Waals surface area contributed by atoms with Crippen LogP contribution < -0.4 is 10.0 Å². The minimum absolute atomic E-state index is 0.390. The van der Waals surface area contributed by atoms with Gasteiger partial charge in [-0.05, 0) is 25.3 Å². The molecule has 2 N–H and O–H groups in total. The van der Waals surface area contributed by atoms with Crippen LogP contribution in [0.25, 0.3) is 0 Å². The summed E-state index contributed by atoms with van der Waals surface area (Å²) < 4.78 is 28.5. The van der Waals surface area contributed by atoms with Crippen LogP contribution in [0.15, 0.2) is 18.7 Å². The summed E-state index contributed by atoms with van der Waals surface area (Å²) in [4.78, 5) is 7.60. The van der Waals surface area contributed by atoms with Crippen molar-refractivity contribution in [3.05, 3.63) is 18.7 Å². The molecule has 0 aliphatic carbocycles. The van der Waals surface area contributed by atoms with E-state index in [0.717, 1.165) is 19.4 Å². The lowest BCUT2D eigenvalue weighted by Crippen LogP contribution is -2.43. The van der Waals surface area contributed by atoms with Crippen LogP contribution in [0, 0.1) is 5.92 Å². The molecule has 1 aliphatic heterocycles. The molecule has 0 bridgehead atoms. The first-order valence-corrected chi connectivity index (χ1v) is 8.67. The Morgan fingerprint density at radius 1 is 1.29 bits per heavy atom. The summed E-state index contributed by atoms with van der Waals surface area (Å²) in [5.74, 6) is 0.541. The average molecular weight is 313 g/mol. The lowest BCUT2D eigenvalue weighted by Gasteiger charge is -2.31. The van der Waals surface area contributed by atoms with E-state index in [1.54, 1.807) is 0 Å². The maximum absolute atomic E-state index is 12.3. The molecule has 0 unspecified atom stereocenters. The molecule has 1 aromatic heterocycles. The first kappa shape index (κ1) is 16.1. The molecule has 21 heavy (non-hydrogen) atoms. The van der Waals surface area contributed by atoms with Crippen molar-refractivity contribution in [1.29, 1.82) is 0 Å². The first-order chi connectivity index (χ1) is 9.97. The van der Waals surface area contributed by atoms with E-state index < -0.39 is 10.2 Å². The van der Waals surface area contributed by atoms with Crippen molar-refractivity contribution in [2.24, 2.45) is 5.92 Å². The van der Waals surface area contributed by atoms with Crippen LogP contribution in [-0.2, 0) is 10.2 Å². The fourth-order valence-electron chi connectivity index (χ4n) is 2.32. The monoisotopic (exact) mass is 313 g/mol. The SMILES string of the molecule is CC(C)NCC1CCN(S(=O)(=O)Nc2cncnc2)CC1. The van der Waals surface area contributed by atoms with Crippen molar-refractivity contribution < 1.29 is 8.42 Å². The van der Waals surface area contributed by atoms with Crippen LogP contribution in [-0.4, -0.2) is 48.4 Å². The Kier molecular flexibility index (Phi) is 5.49. The van der Waals surface area contributed by atoms with E-state index in [2.05, 4.69) is 33.9 Å². The molecule has 7 nitrogen and oxygen atoms in total. The Morgan fingerprint density at radius 3 is 2.48 bits per heavy atom. The highest BCUT2D eigenvalue weighted by Crippen LogP contribution is 2.20. The summed E-state index contributed by atoms with van der Waals surface area (Å²) in [5.41, 5.74) is 0.390. The van der Waals surface area contributed by atoms with Gasteiger partial charge in [-0.25, -0.2) is 9.97 Å². The molecule has 0 spiro atoms. The lowest BCUT2D eigenvalue weighted by molar-refractivity contribution is 0.265. The van der Waals surface area contributed by atoms with Crippen molar-refractivity contribution in [3.63, 3.8) is 0 Å². The third kappa shape index (κ3) is 4.90. The largest absolute Gasteiger partial charge is 0.314 e. The summed E-state index contributed by atoms with van der Waals surface area (Å²) in [5, 5.41) is 3.41. The molecule has 8 heteroatoms. The van der Waals surface area contributed by atoms with Crippen LogP contribution in [0.1, 0.15) is 26.7 Å². The van der Waals surface area contributed by atoms with Gasteiger partial charge in [0.05, 0.1) is 18.1 Å². The quantitative estimate of drug-likeness (QED) is 0.813. The Hall–Kier alpha value is -1.25. The van der Waals surface area contributed by atoms with Crippen LogP contribution in [0.3, 0.4) is 0 Å². The Morgan fingerprint density at radius 2 is 1.90 bits per heavy atom. The van der Waals surface area contributed by atoms with Crippen LogP contribution >= 0.6 is 0 Å². The zero-order chi connectivity index (χ0) is 15.3. The number of hydrogen-bond donors (Lipinski definition) is 2. The van der Waals surface area contributed by atoms with Gasteiger partial charge in [-0.3, -0.25) is 4.72 Å². The molecule has 0 atom stereocenters. The number of nitrogens with one attached hydrogen (secondary N) is 2. The zero-order valence-electron chi connectivity index (χ0n) is 12.5. The predicted octanol–water partition coefficient (Wildman–Crippen LogP) is 0.843. The zero-order valence-corrected chi connectivity index (χ0v) is 13.3. The molecular weight excluding hydrogens is 290 g/mol. The van der Waals surface area contributed by atoms with Crippen molar-refractivity contribution in [1.82, 2.24) is 19.6 Å². The van der Waals surface area contributed by atoms with Gasteiger partial charge in [0.25, 0.3) is 0 Å². The van der Waals surface area contributed by atoms with Crippen molar-refractivity contribution in [2.75, 3.05) is 24.4 Å². The maximum Gasteiger partial charge on any atom is 0.301 e. The van der Waals surface area contributed by atoms with Gasteiger partial charge < -0.3 is 5.32 Å². The van der Waals surface area contributed by atoms with Crippen molar-refractivity contribution in [3.8, 4) is 0 Å². The summed E-state index contributed by atoms with van der Waals surface area (Å²) in [6.45, 7) is 6.28. The molecule has 1 aromatic rings. The van der Waals surface area contributed by atoms with Crippen LogP contribution in [0.5, 0.6) is 0 Å². The van der Waals surface area contributed by atoms with Crippen molar-refractivity contribution >= 4 is 15.9 Å². The predicted molar refractivity (Wildman–Crippen MR) is 82.0 cm³/mol. The second kappa shape index (κ2) is 7.15. The summed E-state index contributed by atoms with van der Waals surface area (Å²) >= 11 is 0. The van der Waals surface area contributed by atoms with Gasteiger partial charge in [-0.1, -0.05) is 13.8 Å². The maximum atomic E-state index is 12.3. The fraction of sp³-hybridized carbons (Fsp3) is 0.692. The van der Waals surface area contributed by atoms with Gasteiger partial charge >= 0.3 is 10.2 Å². The minimum Gasteiger partial charge on any atom is -0.314 e. The summed E-state index contributed by atoms with van der Waals surface area (Å²) in [6, 6.07) is 0.464. The fourth-order valence-corrected chi connectivity index (χ4v) is 3.55. The number of hydrogen-bond acceptors (Lipinski definition) is 5. The molecule has 1 saturated heterocycles. The van der Waals surface area contributed by atoms with E-state index >= 15 is 0 Å². The molecule has 1 aliphatic rings. The lowest BCUT2D eigenvalue weighted by atomic mass is 9.98. The number of piperidine rings is 1. The van der Waals surface area contributed by atoms with Gasteiger partial charge in [-0.2, -0.15) is 12.7 Å². The van der Waals surface area contributed by atoms with E-state index in [-0.39, 0.29) is 0 Å². The Labute approximate surface area is 126 Å². The van der Waals surface area contributed by atoms with Gasteiger partial charge in [0.1, 0.15) is 6.33 Å².